The van der Waals surface area contributed by atoms with Crippen molar-refractivity contribution in [2.45, 2.75) is 151 Å². The number of rotatable bonds is 20. The van der Waals surface area contributed by atoms with E-state index in [1.807, 2.05) is 6.92 Å². The molecule has 0 aromatic heterocycles. The van der Waals surface area contributed by atoms with E-state index in [0.717, 1.165) is 25.7 Å². The quantitative estimate of drug-likeness (QED) is 0.129. The van der Waals surface area contributed by atoms with E-state index in [9.17, 15) is 4.79 Å². The van der Waals surface area contributed by atoms with Crippen LogP contribution in [0, 0.1) is 5.92 Å². The Hall–Kier alpha value is 0.269. The minimum absolute atomic E-state index is 0.111. The number of carboxylic acids is 1. The van der Waals surface area contributed by atoms with Crippen molar-refractivity contribution < 1.29 is 9.90 Å². The Morgan fingerprint density at radius 2 is 1.00 bits per heavy atom. The van der Waals surface area contributed by atoms with E-state index in [4.69, 9.17) is 5.11 Å². The molecular weight excluding hydrogens is 463 g/mol. The predicted molar refractivity (Wildman–Crippen MR) is 134 cm³/mol. The molecule has 0 aliphatic carbocycles. The molecule has 0 rings (SSSR count). The van der Waals surface area contributed by atoms with Gasteiger partial charge in [0.05, 0.1) is 5.92 Å². The van der Waals surface area contributed by atoms with Gasteiger partial charge in [0.1, 0.15) is 0 Å². The first-order valence-corrected chi connectivity index (χ1v) is 19.2. The molecule has 0 aromatic rings. The Labute approximate surface area is 191 Å². The fourth-order valence-electron chi connectivity index (χ4n) is 3.73. The van der Waals surface area contributed by atoms with Crippen LogP contribution in [0.5, 0.6) is 0 Å². The first kappa shape index (κ1) is 31.5. The number of hydrogen-bond donors (Lipinski definition) is 1. The van der Waals surface area contributed by atoms with Crippen LogP contribution in [0.3, 0.4) is 0 Å². The van der Waals surface area contributed by atoms with Gasteiger partial charge in [0.2, 0.25) is 0 Å². The second kappa shape index (κ2) is 26.3. The first-order valence-electron chi connectivity index (χ1n) is 13.1. The molecule has 1 atom stereocenters. The molecule has 0 saturated carbocycles. The third-order valence-electron chi connectivity index (χ3n) is 5.90. The van der Waals surface area contributed by atoms with Gasteiger partial charge in [0.15, 0.2) is 0 Å². The van der Waals surface area contributed by atoms with E-state index < -0.39 is 25.7 Å². The number of aliphatic carboxylic acids is 1. The monoisotopic (exact) mass is 519 g/mol. The molecule has 1 N–H and O–H groups in total. The van der Waals surface area contributed by atoms with Crippen molar-refractivity contribution in [3.8, 4) is 0 Å². The van der Waals surface area contributed by atoms with Crippen LogP contribution in [0.15, 0.2) is 0 Å². The molecule has 0 amide bonds. The molecule has 0 spiro atoms. The average molecular weight is 518 g/mol. The van der Waals surface area contributed by atoms with Crippen LogP contribution in [0.4, 0.5) is 0 Å². The maximum absolute atomic E-state index is 10.4. The van der Waals surface area contributed by atoms with Crippen molar-refractivity contribution in [3.05, 3.63) is 0 Å². The molecule has 0 aromatic carbocycles. The third-order valence-corrected chi connectivity index (χ3v) is 15.0. The van der Waals surface area contributed by atoms with Gasteiger partial charge in [0.25, 0.3) is 0 Å². The molecule has 2 nitrogen and oxygen atoms in total. The van der Waals surface area contributed by atoms with Crippen molar-refractivity contribution >= 4 is 25.7 Å². The second-order valence-electron chi connectivity index (χ2n) is 8.77. The molecule has 29 heavy (non-hydrogen) atoms. The van der Waals surface area contributed by atoms with Crippen LogP contribution in [0.2, 0.25) is 13.3 Å². The second-order valence-corrected chi connectivity index (χ2v) is 17.3. The number of unbranched alkanes of at least 4 members (excludes halogenated alkanes) is 10. The molecule has 1 unspecified atom stereocenters. The first-order chi connectivity index (χ1) is 14.1. The Bertz CT molecular complexity index is 291. The van der Waals surface area contributed by atoms with Crippen molar-refractivity contribution in [1.29, 1.82) is 0 Å². The van der Waals surface area contributed by atoms with E-state index in [-0.39, 0.29) is 5.92 Å². The molecular formula is C26H55O2Sn. The normalized spacial score (nSPS) is 11.9. The summed E-state index contributed by atoms with van der Waals surface area (Å²) in [4.78, 5) is 10.4. The van der Waals surface area contributed by atoms with Gasteiger partial charge >= 0.3 is 137 Å². The van der Waals surface area contributed by atoms with Crippen LogP contribution in [-0.2, 0) is 4.79 Å². The summed E-state index contributed by atoms with van der Waals surface area (Å²) in [7, 11) is 0. The van der Waals surface area contributed by atoms with Gasteiger partial charge in [-0.05, 0) is 12.8 Å². The Morgan fingerprint density at radius 3 is 1.28 bits per heavy atom. The van der Waals surface area contributed by atoms with Gasteiger partial charge in [0, 0.05) is 0 Å². The topological polar surface area (TPSA) is 37.3 Å². The van der Waals surface area contributed by atoms with Gasteiger partial charge in [-0.15, -0.1) is 0 Å². The third kappa shape index (κ3) is 24.4. The van der Waals surface area contributed by atoms with E-state index >= 15 is 0 Å². The van der Waals surface area contributed by atoms with Gasteiger partial charge in [-0.2, -0.15) is 0 Å². The SMILES string of the molecule is CCCCC(CC)C(=O)O.CCCCC[CH2][Sn]([CH2]CCCCC)[CH2]CCCCC. The molecule has 3 heteroatoms. The fourth-order valence-corrected chi connectivity index (χ4v) is 12.3. The van der Waals surface area contributed by atoms with Gasteiger partial charge in [-0.3, -0.25) is 4.79 Å². The van der Waals surface area contributed by atoms with E-state index in [1.165, 1.54) is 57.8 Å². The summed E-state index contributed by atoms with van der Waals surface area (Å²) in [5.74, 6) is -0.754. The minimum atomic E-state index is -0.948. The zero-order valence-electron chi connectivity index (χ0n) is 20.9. The number of carboxylic acid groups (broad SMARTS) is 1. The summed E-state index contributed by atoms with van der Waals surface area (Å²) >= 11 is -0.948. The van der Waals surface area contributed by atoms with Gasteiger partial charge in [-0.1, -0.05) is 26.7 Å². The van der Waals surface area contributed by atoms with Gasteiger partial charge < -0.3 is 5.11 Å². The molecule has 175 valence electrons. The van der Waals surface area contributed by atoms with E-state index in [2.05, 4.69) is 27.7 Å². The Kier molecular flexibility index (Phi) is 28.5. The molecule has 0 aliphatic heterocycles. The molecule has 0 aliphatic rings. The molecule has 0 heterocycles. The molecule has 0 bridgehead atoms. The zero-order chi connectivity index (χ0) is 22.2. The van der Waals surface area contributed by atoms with Crippen LogP contribution in [0.1, 0.15) is 137 Å². The standard InChI is InChI=1S/C8H16O2.3C6H13.Sn/c1-3-5-6-7(4-2)8(9)10;3*1-3-5-6-4-2;/h7H,3-6H2,1-2H3,(H,9,10);3*1,3-6H2,2H3;. The summed E-state index contributed by atoms with van der Waals surface area (Å²) < 4.78 is 5.13. The van der Waals surface area contributed by atoms with Crippen LogP contribution >= 0.6 is 0 Å². The van der Waals surface area contributed by atoms with E-state index in [1.54, 1.807) is 32.6 Å². The van der Waals surface area contributed by atoms with Crippen LogP contribution < -0.4 is 0 Å². The number of hydrogen-bond acceptors (Lipinski definition) is 1. The van der Waals surface area contributed by atoms with Crippen molar-refractivity contribution in [1.82, 2.24) is 0 Å². The molecule has 1 radical (unpaired) electrons. The van der Waals surface area contributed by atoms with Crippen molar-refractivity contribution in [2.75, 3.05) is 0 Å². The fraction of sp³-hybridized carbons (Fsp3) is 0.962. The maximum atomic E-state index is 10.4. The zero-order valence-corrected chi connectivity index (χ0v) is 23.7. The predicted octanol–water partition coefficient (Wildman–Crippen LogP) is 9.51. The summed E-state index contributed by atoms with van der Waals surface area (Å²) in [6.07, 6.45) is 21.6. The summed E-state index contributed by atoms with van der Waals surface area (Å²) in [5, 5.41) is 8.60. The summed E-state index contributed by atoms with van der Waals surface area (Å²) in [5.41, 5.74) is 0. The Morgan fingerprint density at radius 1 is 0.621 bits per heavy atom. The molecule has 0 fully saturated rings. The van der Waals surface area contributed by atoms with Crippen LogP contribution in [-0.4, -0.2) is 30.8 Å². The van der Waals surface area contributed by atoms with Crippen molar-refractivity contribution in [3.63, 3.8) is 0 Å². The van der Waals surface area contributed by atoms with E-state index in [0.29, 0.717) is 0 Å². The van der Waals surface area contributed by atoms with Crippen LogP contribution in [0.25, 0.3) is 0 Å². The molecule has 0 saturated heterocycles. The summed E-state index contributed by atoms with van der Waals surface area (Å²) in [6.45, 7) is 11.0. The van der Waals surface area contributed by atoms with Crippen molar-refractivity contribution in [2.24, 2.45) is 5.92 Å². The Balaban J connectivity index is 0. The van der Waals surface area contributed by atoms with Gasteiger partial charge in [-0.25, -0.2) is 0 Å². The average Bonchev–Trinajstić information content (AvgIpc) is 2.72. The number of carbonyl (C=O) groups is 1. The summed E-state index contributed by atoms with van der Waals surface area (Å²) in [6, 6.07) is 0.